The van der Waals surface area contributed by atoms with Crippen molar-refractivity contribution in [3.63, 3.8) is 0 Å². The zero-order valence-electron chi connectivity index (χ0n) is 17.9. The van der Waals surface area contributed by atoms with E-state index in [1.54, 1.807) is 19.2 Å². The summed E-state index contributed by atoms with van der Waals surface area (Å²) in [4.78, 5) is 17.7. The fourth-order valence-corrected chi connectivity index (χ4v) is 5.88. The van der Waals surface area contributed by atoms with E-state index in [1.165, 1.54) is 35.6 Å². The van der Waals surface area contributed by atoms with Gasteiger partial charge in [-0.05, 0) is 60.7 Å². The molecule has 1 aromatic heterocycles. The number of nitrogens with one attached hydrogen (secondary N) is 1. The number of ether oxygens (including phenoxy) is 1. The van der Waals surface area contributed by atoms with E-state index in [-0.39, 0.29) is 16.1 Å². The van der Waals surface area contributed by atoms with E-state index >= 15 is 0 Å². The van der Waals surface area contributed by atoms with E-state index < -0.39 is 21.7 Å². The second kappa shape index (κ2) is 10.2. The van der Waals surface area contributed by atoms with E-state index in [0.29, 0.717) is 18.0 Å². The van der Waals surface area contributed by atoms with Gasteiger partial charge in [0.15, 0.2) is 4.80 Å². The van der Waals surface area contributed by atoms with Crippen molar-refractivity contribution in [2.75, 3.05) is 18.4 Å². The van der Waals surface area contributed by atoms with Crippen molar-refractivity contribution in [3.05, 3.63) is 87.4 Å². The molecular formula is C23H19BrFN3O4S2. The Morgan fingerprint density at radius 2 is 1.91 bits per heavy atom. The molecule has 176 valence electrons. The van der Waals surface area contributed by atoms with E-state index in [9.17, 15) is 17.6 Å². The van der Waals surface area contributed by atoms with Crippen LogP contribution in [0, 0.1) is 5.82 Å². The fraction of sp³-hybridized carbons (Fsp3) is 0.130. The maximum atomic E-state index is 13.1. The Morgan fingerprint density at radius 3 is 2.65 bits per heavy atom. The van der Waals surface area contributed by atoms with E-state index in [0.717, 1.165) is 26.8 Å². The number of sulfonamides is 1. The summed E-state index contributed by atoms with van der Waals surface area (Å²) in [6.45, 7) is 0.964. The van der Waals surface area contributed by atoms with E-state index in [2.05, 4.69) is 25.6 Å². The second-order valence-electron chi connectivity index (χ2n) is 7.20. The lowest BCUT2D eigenvalue weighted by Crippen LogP contribution is -2.19. The molecule has 0 saturated carbocycles. The van der Waals surface area contributed by atoms with Crippen molar-refractivity contribution >= 4 is 59.1 Å². The van der Waals surface area contributed by atoms with E-state index in [4.69, 9.17) is 4.74 Å². The number of hydrogen-bond donors (Lipinski definition) is 1. The van der Waals surface area contributed by atoms with Gasteiger partial charge in [-0.3, -0.25) is 9.52 Å². The smallest absolute Gasteiger partial charge is 0.279 e. The van der Waals surface area contributed by atoms with Crippen LogP contribution in [0.4, 0.5) is 10.1 Å². The number of fused-ring (bicyclic) bond motifs is 1. The first kappa shape index (κ1) is 24.3. The second-order valence-corrected chi connectivity index (χ2v) is 10.8. The molecule has 0 radical (unpaired) electrons. The number of anilines is 1. The zero-order valence-corrected chi connectivity index (χ0v) is 21.1. The summed E-state index contributed by atoms with van der Waals surface area (Å²) in [6, 6.07) is 16.3. The molecule has 7 nitrogen and oxygen atoms in total. The predicted octanol–water partition coefficient (Wildman–Crippen LogP) is 4.79. The largest absolute Gasteiger partial charge is 0.383 e. The summed E-state index contributed by atoms with van der Waals surface area (Å²) in [5.41, 5.74) is 1.34. The highest BCUT2D eigenvalue weighted by molar-refractivity contribution is 9.10. The minimum atomic E-state index is -3.95. The quantitative estimate of drug-likeness (QED) is 0.350. The SMILES string of the molecule is COCCn1c(=NC(=O)c2cccc(NS(=O)(=O)c3ccc(F)cc3)c2)sc2cc(Br)ccc21. The number of carbonyl (C=O) groups is 1. The third-order valence-electron chi connectivity index (χ3n) is 4.85. The Kier molecular flexibility index (Phi) is 7.27. The first-order chi connectivity index (χ1) is 16.3. The number of benzene rings is 3. The summed E-state index contributed by atoms with van der Waals surface area (Å²) >= 11 is 4.83. The number of rotatable bonds is 7. The van der Waals surface area contributed by atoms with Crippen LogP contribution in [0.15, 0.2) is 81.1 Å². The number of amides is 1. The number of thiazole rings is 1. The molecule has 34 heavy (non-hydrogen) atoms. The average Bonchev–Trinajstić information content (AvgIpc) is 3.13. The van der Waals surface area contributed by atoms with Gasteiger partial charge >= 0.3 is 0 Å². The van der Waals surface area contributed by atoms with E-state index in [1.807, 2.05) is 22.8 Å². The molecule has 11 heteroatoms. The van der Waals surface area contributed by atoms with Gasteiger partial charge in [0.05, 0.1) is 21.7 Å². The Bertz CT molecular complexity index is 1530. The van der Waals surface area contributed by atoms with Crippen molar-refractivity contribution in [1.82, 2.24) is 4.57 Å². The molecule has 0 spiro atoms. The number of aromatic nitrogens is 1. The highest BCUT2D eigenvalue weighted by Crippen LogP contribution is 2.23. The van der Waals surface area contributed by atoms with Crippen LogP contribution in [-0.4, -0.2) is 32.6 Å². The Morgan fingerprint density at radius 1 is 1.15 bits per heavy atom. The van der Waals surface area contributed by atoms with Gasteiger partial charge in [-0.15, -0.1) is 0 Å². The van der Waals surface area contributed by atoms with Gasteiger partial charge in [-0.25, -0.2) is 12.8 Å². The molecule has 0 saturated heterocycles. The minimum absolute atomic E-state index is 0.0917. The summed E-state index contributed by atoms with van der Waals surface area (Å²) in [5.74, 6) is -1.05. The van der Waals surface area contributed by atoms with Crippen LogP contribution < -0.4 is 9.52 Å². The number of nitrogens with zero attached hydrogens (tertiary/aromatic N) is 2. The molecule has 1 N–H and O–H groups in total. The molecule has 4 rings (SSSR count). The summed E-state index contributed by atoms with van der Waals surface area (Å²) < 4.78 is 49.7. The number of carbonyl (C=O) groups excluding carboxylic acids is 1. The average molecular weight is 564 g/mol. The number of hydrogen-bond acceptors (Lipinski definition) is 5. The predicted molar refractivity (Wildman–Crippen MR) is 133 cm³/mol. The normalized spacial score (nSPS) is 12.3. The molecule has 0 aliphatic heterocycles. The molecule has 3 aromatic carbocycles. The zero-order chi connectivity index (χ0) is 24.3. The molecule has 0 atom stereocenters. The van der Waals surface area contributed by atoms with Crippen LogP contribution >= 0.6 is 27.3 Å². The van der Waals surface area contributed by atoms with Gasteiger partial charge in [0.2, 0.25) is 0 Å². The van der Waals surface area contributed by atoms with Crippen LogP contribution in [0.3, 0.4) is 0 Å². The maximum absolute atomic E-state index is 13.1. The maximum Gasteiger partial charge on any atom is 0.279 e. The third-order valence-corrected chi connectivity index (χ3v) is 7.78. The highest BCUT2D eigenvalue weighted by atomic mass is 79.9. The van der Waals surface area contributed by atoms with Crippen LogP contribution in [0.5, 0.6) is 0 Å². The molecule has 0 aliphatic carbocycles. The summed E-state index contributed by atoms with van der Waals surface area (Å²) in [7, 11) is -2.35. The molecular weight excluding hydrogens is 545 g/mol. The summed E-state index contributed by atoms with van der Waals surface area (Å²) in [5, 5.41) is 0. The van der Waals surface area contributed by atoms with Crippen molar-refractivity contribution in [2.45, 2.75) is 11.4 Å². The molecule has 1 heterocycles. The lowest BCUT2D eigenvalue weighted by molar-refractivity contribution is 0.0997. The van der Waals surface area contributed by atoms with Crippen LogP contribution in [0.2, 0.25) is 0 Å². The van der Waals surface area contributed by atoms with Crippen molar-refractivity contribution < 1.29 is 22.3 Å². The Hall–Kier alpha value is -2.86. The van der Waals surface area contributed by atoms with Crippen molar-refractivity contribution in [3.8, 4) is 0 Å². The number of halogens is 2. The van der Waals surface area contributed by atoms with Gasteiger partial charge in [0, 0.05) is 29.4 Å². The Balaban J connectivity index is 1.66. The molecule has 1 amide bonds. The topological polar surface area (TPSA) is 89.8 Å². The first-order valence-corrected chi connectivity index (χ1v) is 13.1. The van der Waals surface area contributed by atoms with Gasteiger partial charge in [0.1, 0.15) is 5.82 Å². The Labute approximate surface area is 207 Å². The van der Waals surface area contributed by atoms with Gasteiger partial charge in [-0.1, -0.05) is 33.3 Å². The van der Waals surface area contributed by atoms with Gasteiger partial charge in [0.25, 0.3) is 15.9 Å². The molecule has 0 bridgehead atoms. The van der Waals surface area contributed by atoms with Crippen molar-refractivity contribution in [2.24, 2.45) is 4.99 Å². The van der Waals surface area contributed by atoms with Crippen molar-refractivity contribution in [1.29, 1.82) is 0 Å². The molecule has 0 unspecified atom stereocenters. The third kappa shape index (κ3) is 5.44. The minimum Gasteiger partial charge on any atom is -0.383 e. The monoisotopic (exact) mass is 563 g/mol. The van der Waals surface area contributed by atoms with Gasteiger partial charge in [-0.2, -0.15) is 4.99 Å². The molecule has 4 aromatic rings. The summed E-state index contributed by atoms with van der Waals surface area (Å²) in [6.07, 6.45) is 0. The molecule has 0 aliphatic rings. The standard InChI is InChI=1S/C23H19BrFN3O4S2/c1-32-12-11-28-20-10-5-16(24)14-21(20)33-23(28)26-22(29)15-3-2-4-18(13-15)27-34(30,31)19-8-6-17(25)7-9-19/h2-10,13-14,27H,11-12H2,1H3. The lowest BCUT2D eigenvalue weighted by Gasteiger charge is -2.09. The van der Waals surface area contributed by atoms with Crippen LogP contribution in [-0.2, 0) is 21.3 Å². The highest BCUT2D eigenvalue weighted by Gasteiger charge is 2.16. The van der Waals surface area contributed by atoms with Crippen LogP contribution in [0.25, 0.3) is 10.2 Å². The van der Waals surface area contributed by atoms with Crippen LogP contribution in [0.1, 0.15) is 10.4 Å². The first-order valence-electron chi connectivity index (χ1n) is 10.0. The molecule has 0 fully saturated rings. The fourth-order valence-electron chi connectivity index (χ4n) is 3.23. The number of methoxy groups -OCH3 is 1. The van der Waals surface area contributed by atoms with Gasteiger partial charge < -0.3 is 9.30 Å². The lowest BCUT2D eigenvalue weighted by atomic mass is 10.2.